The number of aliphatic hydroxyl groups excluding tert-OH is 1. The van der Waals surface area contributed by atoms with Crippen LogP contribution in [0, 0.1) is 0 Å². The Kier molecular flexibility index (Phi) is 5.11. The highest BCUT2D eigenvalue weighted by Crippen LogP contribution is 2.24. The first-order valence-electron chi connectivity index (χ1n) is 7.87. The fourth-order valence-electron chi connectivity index (χ4n) is 2.58. The average molecular weight is 337 g/mol. The molecule has 6 heteroatoms. The minimum Gasteiger partial charge on any atom is -0.494 e. The number of nitrogens with zero attached hydrogens (tertiary/aromatic N) is 2. The van der Waals surface area contributed by atoms with Crippen molar-refractivity contribution in [1.82, 2.24) is 15.1 Å². The zero-order valence-electron chi connectivity index (χ0n) is 13.8. The third kappa shape index (κ3) is 3.70. The maximum absolute atomic E-state index is 12.6. The van der Waals surface area contributed by atoms with Crippen molar-refractivity contribution in [3.63, 3.8) is 0 Å². The Bertz CT molecular complexity index is 832. The molecule has 25 heavy (non-hydrogen) atoms. The van der Waals surface area contributed by atoms with Gasteiger partial charge in [-0.2, -0.15) is 5.10 Å². The molecule has 0 spiro atoms. The molecule has 1 aromatic heterocycles. The topological polar surface area (TPSA) is 76.4 Å². The van der Waals surface area contributed by atoms with Crippen molar-refractivity contribution in [3.8, 4) is 11.4 Å². The summed E-state index contributed by atoms with van der Waals surface area (Å²) in [6.07, 6.45) is 3.43. The molecular weight excluding hydrogens is 318 g/mol. The minimum absolute atomic E-state index is 0.183. The Balaban J connectivity index is 1.86. The monoisotopic (exact) mass is 337 g/mol. The van der Waals surface area contributed by atoms with Gasteiger partial charge in [0.2, 0.25) is 0 Å². The van der Waals surface area contributed by atoms with Crippen LogP contribution in [0.25, 0.3) is 5.69 Å². The van der Waals surface area contributed by atoms with E-state index >= 15 is 0 Å². The summed E-state index contributed by atoms with van der Waals surface area (Å²) in [5.41, 5.74) is 1.97. The third-order valence-corrected chi connectivity index (χ3v) is 3.88. The standard InChI is InChI=1S/C19H19N3O3/c1-25-18-9-8-15(12-17(18)22-11-5-10-20-22)19(24)21-16(13-23)14-6-3-2-4-7-14/h2-12,16,23H,13H2,1H3,(H,21,24)/t16-/m1/s1. The summed E-state index contributed by atoms with van der Waals surface area (Å²) in [6.45, 7) is -0.183. The lowest BCUT2D eigenvalue weighted by molar-refractivity contribution is 0.0916. The number of hydrogen-bond donors (Lipinski definition) is 2. The van der Waals surface area contributed by atoms with E-state index in [2.05, 4.69) is 10.4 Å². The van der Waals surface area contributed by atoms with Crippen LogP contribution in [-0.2, 0) is 0 Å². The van der Waals surface area contributed by atoms with E-state index in [4.69, 9.17) is 4.74 Å². The van der Waals surface area contributed by atoms with E-state index in [1.165, 1.54) is 0 Å². The zero-order valence-corrected chi connectivity index (χ0v) is 13.8. The first-order chi connectivity index (χ1) is 12.2. The predicted octanol–water partition coefficient (Wildman–Crippen LogP) is 2.34. The van der Waals surface area contributed by atoms with E-state index in [-0.39, 0.29) is 12.5 Å². The van der Waals surface area contributed by atoms with Crippen LogP contribution >= 0.6 is 0 Å². The second kappa shape index (κ2) is 7.63. The SMILES string of the molecule is COc1ccc(C(=O)N[C@H](CO)c2ccccc2)cc1-n1cccn1. The van der Waals surface area contributed by atoms with Gasteiger partial charge in [-0.25, -0.2) is 4.68 Å². The van der Waals surface area contributed by atoms with Gasteiger partial charge < -0.3 is 15.2 Å². The van der Waals surface area contributed by atoms with E-state index < -0.39 is 6.04 Å². The first kappa shape index (κ1) is 16.7. The number of hydrogen-bond acceptors (Lipinski definition) is 4. The van der Waals surface area contributed by atoms with Crippen molar-refractivity contribution in [2.75, 3.05) is 13.7 Å². The summed E-state index contributed by atoms with van der Waals surface area (Å²) in [6, 6.07) is 15.8. The van der Waals surface area contributed by atoms with E-state index in [1.54, 1.807) is 48.5 Å². The summed E-state index contributed by atoms with van der Waals surface area (Å²) in [4.78, 5) is 12.6. The normalized spacial score (nSPS) is 11.8. The molecular formula is C19H19N3O3. The van der Waals surface area contributed by atoms with Crippen LogP contribution in [0.2, 0.25) is 0 Å². The number of aromatic nitrogens is 2. The molecule has 0 fully saturated rings. The van der Waals surface area contributed by atoms with E-state index in [1.807, 2.05) is 30.3 Å². The second-order valence-corrected chi connectivity index (χ2v) is 5.46. The fourth-order valence-corrected chi connectivity index (χ4v) is 2.58. The van der Waals surface area contributed by atoms with Gasteiger partial charge in [0.05, 0.1) is 19.8 Å². The smallest absolute Gasteiger partial charge is 0.251 e. The van der Waals surface area contributed by atoms with Crippen LogP contribution in [0.5, 0.6) is 5.75 Å². The van der Waals surface area contributed by atoms with Crippen molar-refractivity contribution in [2.24, 2.45) is 0 Å². The Morgan fingerprint density at radius 1 is 1.24 bits per heavy atom. The highest BCUT2D eigenvalue weighted by atomic mass is 16.5. The number of methoxy groups -OCH3 is 1. The summed E-state index contributed by atoms with van der Waals surface area (Å²) in [5, 5.41) is 16.6. The molecule has 1 amide bonds. The largest absolute Gasteiger partial charge is 0.494 e. The Hall–Kier alpha value is -3.12. The van der Waals surface area contributed by atoms with Crippen LogP contribution in [0.15, 0.2) is 67.0 Å². The van der Waals surface area contributed by atoms with Crippen molar-refractivity contribution in [3.05, 3.63) is 78.1 Å². The fraction of sp³-hybridized carbons (Fsp3) is 0.158. The summed E-state index contributed by atoms with van der Waals surface area (Å²) in [5.74, 6) is 0.334. The molecule has 0 unspecified atom stereocenters. The van der Waals surface area contributed by atoms with Gasteiger partial charge in [0, 0.05) is 18.0 Å². The van der Waals surface area contributed by atoms with Crippen LogP contribution in [0.1, 0.15) is 22.0 Å². The number of carbonyl (C=O) groups excluding carboxylic acids is 1. The number of benzene rings is 2. The first-order valence-corrected chi connectivity index (χ1v) is 7.87. The molecule has 0 aliphatic carbocycles. The zero-order chi connectivity index (χ0) is 17.6. The molecule has 1 atom stereocenters. The Morgan fingerprint density at radius 3 is 2.68 bits per heavy atom. The van der Waals surface area contributed by atoms with Gasteiger partial charge in [-0.1, -0.05) is 30.3 Å². The molecule has 128 valence electrons. The molecule has 0 saturated heterocycles. The number of carbonyl (C=O) groups is 1. The summed E-state index contributed by atoms with van der Waals surface area (Å²) in [7, 11) is 1.57. The van der Waals surface area contributed by atoms with Gasteiger partial charge in [0.15, 0.2) is 0 Å². The second-order valence-electron chi connectivity index (χ2n) is 5.46. The van der Waals surface area contributed by atoms with E-state index in [0.29, 0.717) is 17.0 Å². The number of nitrogens with one attached hydrogen (secondary N) is 1. The van der Waals surface area contributed by atoms with Crippen molar-refractivity contribution in [1.29, 1.82) is 0 Å². The molecule has 3 aromatic rings. The van der Waals surface area contributed by atoms with Gasteiger partial charge in [-0.15, -0.1) is 0 Å². The van der Waals surface area contributed by atoms with Gasteiger partial charge in [-0.3, -0.25) is 4.79 Å². The highest BCUT2D eigenvalue weighted by Gasteiger charge is 2.17. The maximum Gasteiger partial charge on any atom is 0.251 e. The number of rotatable bonds is 6. The molecule has 3 rings (SSSR count). The molecule has 1 heterocycles. The van der Waals surface area contributed by atoms with Crippen molar-refractivity contribution >= 4 is 5.91 Å². The average Bonchev–Trinajstić information content (AvgIpc) is 3.20. The Morgan fingerprint density at radius 2 is 2.04 bits per heavy atom. The van der Waals surface area contributed by atoms with Crippen molar-refractivity contribution in [2.45, 2.75) is 6.04 Å². The Labute approximate surface area is 145 Å². The van der Waals surface area contributed by atoms with E-state index in [0.717, 1.165) is 5.56 Å². The molecule has 0 saturated carbocycles. The summed E-state index contributed by atoms with van der Waals surface area (Å²) < 4.78 is 6.98. The van der Waals surface area contributed by atoms with Gasteiger partial charge >= 0.3 is 0 Å². The molecule has 2 aromatic carbocycles. The maximum atomic E-state index is 12.6. The van der Waals surface area contributed by atoms with Gasteiger partial charge in [0.1, 0.15) is 11.4 Å². The number of aliphatic hydroxyl groups is 1. The minimum atomic E-state index is -0.469. The van der Waals surface area contributed by atoms with Crippen molar-refractivity contribution < 1.29 is 14.6 Å². The van der Waals surface area contributed by atoms with Crippen LogP contribution in [0.4, 0.5) is 0 Å². The van der Waals surface area contributed by atoms with Gasteiger partial charge in [0.25, 0.3) is 5.91 Å². The molecule has 0 aliphatic heterocycles. The summed E-state index contributed by atoms with van der Waals surface area (Å²) >= 11 is 0. The predicted molar refractivity (Wildman–Crippen MR) is 93.9 cm³/mol. The van der Waals surface area contributed by atoms with Crippen LogP contribution < -0.4 is 10.1 Å². The molecule has 6 nitrogen and oxygen atoms in total. The van der Waals surface area contributed by atoms with Gasteiger partial charge in [-0.05, 0) is 29.8 Å². The molecule has 0 radical (unpaired) electrons. The van der Waals surface area contributed by atoms with Crippen LogP contribution in [0.3, 0.4) is 0 Å². The quantitative estimate of drug-likeness (QED) is 0.724. The highest BCUT2D eigenvalue weighted by molar-refractivity contribution is 5.95. The third-order valence-electron chi connectivity index (χ3n) is 3.88. The lowest BCUT2D eigenvalue weighted by Gasteiger charge is -2.17. The molecule has 0 aliphatic rings. The van der Waals surface area contributed by atoms with E-state index in [9.17, 15) is 9.90 Å². The molecule has 0 bridgehead atoms. The number of ether oxygens (including phenoxy) is 1. The lowest BCUT2D eigenvalue weighted by Crippen LogP contribution is -2.30. The lowest BCUT2D eigenvalue weighted by atomic mass is 10.1. The number of amides is 1. The van der Waals surface area contributed by atoms with Crippen LogP contribution in [-0.4, -0.2) is 34.5 Å². The molecule has 2 N–H and O–H groups in total.